The predicted octanol–water partition coefficient (Wildman–Crippen LogP) is 2.27. The number of rotatable bonds is 1. The molecule has 0 amide bonds. The summed E-state index contributed by atoms with van der Waals surface area (Å²) in [5, 5.41) is 5.04. The van der Waals surface area contributed by atoms with Gasteiger partial charge < -0.3 is 10.2 Å². The molecule has 1 heterocycles. The number of hydrogen-bond acceptors (Lipinski definition) is 3. The lowest BCUT2D eigenvalue weighted by Gasteiger charge is -2.14. The summed E-state index contributed by atoms with van der Waals surface area (Å²) in [4.78, 5) is 0. The fourth-order valence-electron chi connectivity index (χ4n) is 1.13. The summed E-state index contributed by atoms with van der Waals surface area (Å²) >= 11 is 11.7. The molecule has 14 heavy (non-hydrogen) atoms. The van der Waals surface area contributed by atoms with Gasteiger partial charge in [0.05, 0.1) is 16.6 Å². The van der Waals surface area contributed by atoms with Crippen LogP contribution in [0.15, 0.2) is 23.3 Å². The number of hydrazone groups is 1. The summed E-state index contributed by atoms with van der Waals surface area (Å²) in [6, 6.07) is 5.27. The summed E-state index contributed by atoms with van der Waals surface area (Å²) in [6.45, 7) is 1.34. The Morgan fingerprint density at radius 2 is 2.14 bits per heavy atom. The number of halogens is 2. The Bertz CT molecular complexity index is 379. The lowest BCUT2D eigenvalue weighted by atomic mass is 10.2. The van der Waals surface area contributed by atoms with E-state index >= 15 is 0 Å². The molecule has 0 radical (unpaired) electrons. The smallest absolute Gasteiger partial charge is 0.238 e. The molecule has 1 aromatic rings. The third kappa shape index (κ3) is 1.94. The van der Waals surface area contributed by atoms with Gasteiger partial charge >= 0.3 is 0 Å². The molecule has 1 aliphatic rings. The molecule has 1 aliphatic heterocycles. The quantitative estimate of drug-likeness (QED) is 0.804. The monoisotopic (exact) mass is 230 g/mol. The minimum Gasteiger partial charge on any atom is -0.474 e. The topological polar surface area (TPSA) is 33.6 Å². The number of ether oxygens (including phenoxy) is 1. The first-order valence-corrected chi connectivity index (χ1v) is 4.92. The Kier molecular flexibility index (Phi) is 2.79. The highest BCUT2D eigenvalue weighted by atomic mass is 35.5. The van der Waals surface area contributed by atoms with Gasteiger partial charge in [-0.3, -0.25) is 0 Å². The van der Waals surface area contributed by atoms with Crippen molar-refractivity contribution in [1.29, 1.82) is 0 Å². The van der Waals surface area contributed by atoms with Crippen molar-refractivity contribution in [1.82, 2.24) is 5.43 Å². The first-order valence-electron chi connectivity index (χ1n) is 4.16. The van der Waals surface area contributed by atoms with E-state index in [2.05, 4.69) is 10.5 Å². The fourth-order valence-corrected chi connectivity index (χ4v) is 1.43. The van der Waals surface area contributed by atoms with Crippen molar-refractivity contribution in [2.45, 2.75) is 0 Å². The highest BCUT2D eigenvalue weighted by Crippen LogP contribution is 2.23. The van der Waals surface area contributed by atoms with Crippen LogP contribution in [-0.4, -0.2) is 19.0 Å². The zero-order valence-corrected chi connectivity index (χ0v) is 8.77. The third-order valence-electron chi connectivity index (χ3n) is 1.80. The first kappa shape index (κ1) is 9.62. The molecule has 0 saturated carbocycles. The van der Waals surface area contributed by atoms with Crippen LogP contribution in [0.4, 0.5) is 0 Å². The zero-order chi connectivity index (χ0) is 9.97. The molecule has 1 aromatic carbocycles. The Hall–Kier alpha value is -0.930. The molecule has 0 aliphatic carbocycles. The predicted molar refractivity (Wildman–Crippen MR) is 57.0 cm³/mol. The molecule has 5 heteroatoms. The van der Waals surface area contributed by atoms with Gasteiger partial charge in [-0.15, -0.1) is 5.10 Å². The maximum Gasteiger partial charge on any atom is 0.238 e. The van der Waals surface area contributed by atoms with Crippen LogP contribution in [0.2, 0.25) is 10.0 Å². The molecule has 0 bridgehead atoms. The van der Waals surface area contributed by atoms with E-state index in [9.17, 15) is 0 Å². The summed E-state index contributed by atoms with van der Waals surface area (Å²) in [7, 11) is 0. The average Bonchev–Trinajstić information content (AvgIpc) is 2.23. The molecule has 0 saturated heterocycles. The van der Waals surface area contributed by atoms with Crippen LogP contribution in [0.1, 0.15) is 5.56 Å². The number of nitrogens with zero attached hydrogens (tertiary/aromatic N) is 1. The van der Waals surface area contributed by atoms with Crippen LogP contribution in [0.25, 0.3) is 0 Å². The minimum atomic E-state index is 0.501. The summed E-state index contributed by atoms with van der Waals surface area (Å²) in [6.07, 6.45) is 0. The van der Waals surface area contributed by atoms with Gasteiger partial charge in [0.25, 0.3) is 0 Å². The van der Waals surface area contributed by atoms with Gasteiger partial charge in [0, 0.05) is 5.56 Å². The van der Waals surface area contributed by atoms with Gasteiger partial charge in [-0.2, -0.15) is 0 Å². The van der Waals surface area contributed by atoms with Crippen molar-refractivity contribution in [3.63, 3.8) is 0 Å². The van der Waals surface area contributed by atoms with E-state index in [0.29, 0.717) is 22.5 Å². The van der Waals surface area contributed by atoms with Gasteiger partial charge in [0.15, 0.2) is 0 Å². The minimum absolute atomic E-state index is 0.501. The highest BCUT2D eigenvalue weighted by molar-refractivity contribution is 6.42. The second-order valence-electron chi connectivity index (χ2n) is 2.80. The number of benzene rings is 1. The van der Waals surface area contributed by atoms with E-state index in [1.165, 1.54) is 0 Å². The third-order valence-corrected chi connectivity index (χ3v) is 2.54. The second-order valence-corrected chi connectivity index (χ2v) is 3.62. The second kappa shape index (κ2) is 4.07. The van der Waals surface area contributed by atoms with Crippen LogP contribution in [0, 0.1) is 0 Å². The standard InChI is InChI=1S/C9H8Cl2N2O/c10-7-2-1-6(5-8(7)11)9-13-12-3-4-14-9/h1-2,5,12H,3-4H2. The van der Waals surface area contributed by atoms with Crippen LogP contribution in [0.5, 0.6) is 0 Å². The van der Waals surface area contributed by atoms with E-state index in [1.807, 2.05) is 6.07 Å². The van der Waals surface area contributed by atoms with Crippen LogP contribution >= 0.6 is 23.2 Å². The lowest BCUT2D eigenvalue weighted by molar-refractivity contribution is 0.279. The van der Waals surface area contributed by atoms with E-state index in [1.54, 1.807) is 12.1 Å². The van der Waals surface area contributed by atoms with E-state index < -0.39 is 0 Å². The van der Waals surface area contributed by atoms with Gasteiger partial charge in [-0.25, -0.2) is 0 Å². The van der Waals surface area contributed by atoms with Gasteiger partial charge in [0.1, 0.15) is 6.61 Å². The molecule has 0 atom stereocenters. The molecule has 74 valence electrons. The number of hydrogen-bond donors (Lipinski definition) is 1. The SMILES string of the molecule is Clc1ccc(C2=NNCCO2)cc1Cl. The van der Waals surface area contributed by atoms with E-state index in [0.717, 1.165) is 12.1 Å². The molecule has 0 fully saturated rings. The zero-order valence-electron chi connectivity index (χ0n) is 7.26. The average molecular weight is 231 g/mol. The lowest BCUT2D eigenvalue weighted by Crippen LogP contribution is -2.26. The largest absolute Gasteiger partial charge is 0.474 e. The van der Waals surface area contributed by atoms with Crippen molar-refractivity contribution in [2.75, 3.05) is 13.2 Å². The molecular weight excluding hydrogens is 223 g/mol. The van der Waals surface area contributed by atoms with Crippen molar-refractivity contribution in [3.8, 4) is 0 Å². The summed E-state index contributed by atoms with van der Waals surface area (Å²) < 4.78 is 5.34. The maximum atomic E-state index is 5.87. The summed E-state index contributed by atoms with van der Waals surface area (Å²) in [5.41, 5.74) is 3.68. The van der Waals surface area contributed by atoms with Crippen LogP contribution in [0.3, 0.4) is 0 Å². The van der Waals surface area contributed by atoms with Crippen molar-refractivity contribution in [3.05, 3.63) is 33.8 Å². The van der Waals surface area contributed by atoms with E-state index in [-0.39, 0.29) is 0 Å². The molecule has 1 N–H and O–H groups in total. The molecule has 0 aromatic heterocycles. The normalized spacial score (nSPS) is 15.4. The molecule has 0 unspecified atom stereocenters. The highest BCUT2D eigenvalue weighted by Gasteiger charge is 2.10. The van der Waals surface area contributed by atoms with Gasteiger partial charge in [-0.1, -0.05) is 23.2 Å². The Morgan fingerprint density at radius 3 is 2.79 bits per heavy atom. The van der Waals surface area contributed by atoms with Gasteiger partial charge in [0.2, 0.25) is 5.90 Å². The molecular formula is C9H8Cl2N2O. The molecule has 3 nitrogen and oxygen atoms in total. The maximum absolute atomic E-state index is 5.87. The van der Waals surface area contributed by atoms with Gasteiger partial charge in [-0.05, 0) is 18.2 Å². The van der Waals surface area contributed by atoms with Crippen LogP contribution in [-0.2, 0) is 4.74 Å². The summed E-state index contributed by atoms with van der Waals surface area (Å²) in [5.74, 6) is 0.551. The van der Waals surface area contributed by atoms with Crippen molar-refractivity contribution >= 4 is 29.1 Å². The Balaban J connectivity index is 2.32. The Labute approximate surface area is 91.7 Å². The van der Waals surface area contributed by atoms with Crippen molar-refractivity contribution in [2.24, 2.45) is 5.10 Å². The fraction of sp³-hybridized carbons (Fsp3) is 0.222. The Morgan fingerprint density at radius 1 is 1.29 bits per heavy atom. The first-order chi connectivity index (χ1) is 6.77. The van der Waals surface area contributed by atoms with Crippen LogP contribution < -0.4 is 5.43 Å². The molecule has 0 spiro atoms. The number of nitrogens with one attached hydrogen (secondary N) is 1. The molecule has 2 rings (SSSR count). The van der Waals surface area contributed by atoms with Crippen molar-refractivity contribution < 1.29 is 4.74 Å². The van der Waals surface area contributed by atoms with E-state index in [4.69, 9.17) is 27.9 Å².